The van der Waals surface area contributed by atoms with Gasteiger partial charge in [0.15, 0.2) is 0 Å². The number of nitrogens with zero attached hydrogens (tertiary/aromatic N) is 5. The summed E-state index contributed by atoms with van der Waals surface area (Å²) in [5.74, 6) is 1.44. The Morgan fingerprint density at radius 3 is 2.25 bits per heavy atom. The fourth-order valence-corrected chi connectivity index (χ4v) is 9.68. The van der Waals surface area contributed by atoms with Gasteiger partial charge in [0.1, 0.15) is 17.5 Å². The number of anilines is 1. The molecule has 3 aromatic carbocycles. The van der Waals surface area contributed by atoms with E-state index in [1.165, 1.54) is 12.8 Å². The predicted octanol–water partition coefficient (Wildman–Crippen LogP) is 4.02. The van der Waals surface area contributed by atoms with Gasteiger partial charge >= 0.3 is 0 Å². The van der Waals surface area contributed by atoms with Gasteiger partial charge in [-0.25, -0.2) is 0 Å². The molecular formula is C43H48N6O6. The van der Waals surface area contributed by atoms with Gasteiger partial charge in [0, 0.05) is 93.1 Å². The number of likely N-dealkylation sites (tertiary alicyclic amines) is 2. The Morgan fingerprint density at radius 1 is 0.855 bits per heavy atom. The number of carbonyl (C=O) groups is 3. The number of fused-ring (bicyclic) bond motifs is 2. The van der Waals surface area contributed by atoms with Crippen molar-refractivity contribution in [1.82, 2.24) is 24.6 Å². The van der Waals surface area contributed by atoms with E-state index >= 15 is 0 Å². The fraction of sp³-hybridized carbons (Fsp3) is 0.442. The zero-order valence-electron chi connectivity index (χ0n) is 31.8. The molecule has 55 heavy (non-hydrogen) atoms. The number of hydrogen-bond acceptors (Lipinski definition) is 9. The molecule has 4 saturated heterocycles. The van der Waals surface area contributed by atoms with Crippen molar-refractivity contribution >= 4 is 34.2 Å². The lowest BCUT2D eigenvalue weighted by molar-refractivity contribution is -0.136. The molecule has 1 spiro atoms. The van der Waals surface area contributed by atoms with E-state index in [0.29, 0.717) is 35.2 Å². The number of pyridine rings is 1. The summed E-state index contributed by atoms with van der Waals surface area (Å²) in [7, 11) is 5.20. The maximum atomic E-state index is 13.1. The Bertz CT molecular complexity index is 2240. The Hall–Kier alpha value is -5.20. The zero-order chi connectivity index (χ0) is 38.0. The van der Waals surface area contributed by atoms with Crippen LogP contribution in [0.3, 0.4) is 0 Å². The van der Waals surface area contributed by atoms with Crippen LogP contribution in [0.2, 0.25) is 0 Å². The van der Waals surface area contributed by atoms with Crippen LogP contribution in [0.25, 0.3) is 21.9 Å². The molecule has 1 unspecified atom stereocenters. The van der Waals surface area contributed by atoms with Crippen LogP contribution in [0.5, 0.6) is 11.5 Å². The number of benzene rings is 3. The summed E-state index contributed by atoms with van der Waals surface area (Å²) in [5.41, 5.74) is 6.04. The van der Waals surface area contributed by atoms with Crippen LogP contribution in [0, 0.1) is 11.3 Å². The highest BCUT2D eigenvalue weighted by Gasteiger charge is 2.46. The molecule has 5 aliphatic rings. The number of aromatic nitrogens is 1. The Balaban J connectivity index is 0.771. The van der Waals surface area contributed by atoms with Crippen molar-refractivity contribution in [2.24, 2.45) is 18.4 Å². The number of amides is 3. The molecule has 4 fully saturated rings. The number of methoxy groups -OCH3 is 2. The Labute approximate surface area is 320 Å². The SMILES string of the molecule is COc1cc(-c2cn(C)c(=O)c3ccccc23)cc(OC)c1CN1CC(CN2CCC3(CC2)CN(c2ccc4c(c2)CN(C2CCC(=O)NC2=O)C4=O)C3)C1. The first-order valence-corrected chi connectivity index (χ1v) is 19.4. The van der Waals surface area contributed by atoms with Crippen molar-refractivity contribution in [3.63, 3.8) is 0 Å². The van der Waals surface area contributed by atoms with Gasteiger partial charge in [0.25, 0.3) is 11.5 Å². The zero-order valence-corrected chi connectivity index (χ0v) is 31.8. The summed E-state index contributed by atoms with van der Waals surface area (Å²) in [6, 6.07) is 17.3. The number of piperidine rings is 2. The Kier molecular flexibility index (Phi) is 8.92. The molecule has 5 aliphatic heterocycles. The van der Waals surface area contributed by atoms with E-state index in [2.05, 4.69) is 38.2 Å². The molecule has 9 rings (SSSR count). The highest BCUT2D eigenvalue weighted by Crippen LogP contribution is 2.44. The molecule has 0 bridgehead atoms. The molecule has 286 valence electrons. The van der Waals surface area contributed by atoms with Crippen LogP contribution in [0.15, 0.2) is 65.6 Å². The Morgan fingerprint density at radius 2 is 1.56 bits per heavy atom. The van der Waals surface area contributed by atoms with Crippen LogP contribution in [0.1, 0.15) is 47.2 Å². The largest absolute Gasteiger partial charge is 0.496 e. The van der Waals surface area contributed by atoms with Crippen LogP contribution in [-0.4, -0.2) is 103 Å². The summed E-state index contributed by atoms with van der Waals surface area (Å²) in [4.78, 5) is 59.2. The van der Waals surface area contributed by atoms with Crippen molar-refractivity contribution in [3.05, 3.63) is 87.8 Å². The normalized spacial score (nSPS) is 21.4. The second kappa shape index (κ2) is 13.8. The van der Waals surface area contributed by atoms with Crippen molar-refractivity contribution in [2.75, 3.05) is 64.9 Å². The summed E-state index contributed by atoms with van der Waals surface area (Å²) in [6.07, 6.45) is 4.91. The third-order valence-corrected chi connectivity index (χ3v) is 12.8. The number of ether oxygens (including phenoxy) is 2. The number of imide groups is 1. The van der Waals surface area contributed by atoms with Gasteiger partial charge in [-0.15, -0.1) is 0 Å². The topological polar surface area (TPSA) is 117 Å². The smallest absolute Gasteiger partial charge is 0.258 e. The van der Waals surface area contributed by atoms with Crippen molar-refractivity contribution < 1.29 is 23.9 Å². The predicted molar refractivity (Wildman–Crippen MR) is 209 cm³/mol. The third kappa shape index (κ3) is 6.34. The molecule has 1 aromatic heterocycles. The van der Waals surface area contributed by atoms with Crippen LogP contribution in [-0.2, 0) is 29.7 Å². The number of aryl methyl sites for hydroxylation is 1. The molecule has 0 saturated carbocycles. The van der Waals surface area contributed by atoms with Crippen molar-refractivity contribution in [2.45, 2.75) is 44.8 Å². The number of nitrogens with one attached hydrogen (secondary N) is 1. The minimum absolute atomic E-state index is 0.0175. The van der Waals surface area contributed by atoms with Crippen LogP contribution < -0.4 is 25.2 Å². The van der Waals surface area contributed by atoms with Gasteiger partial charge < -0.3 is 28.7 Å². The number of rotatable bonds is 9. The first kappa shape index (κ1) is 35.5. The standard InChI is InChI=1S/C43H48N6O6/c1-45-23-34(32-6-4-5-7-33(32)41(45)52)28-17-37(54-2)35(38(18-28)55-3)24-47-20-27(21-47)19-46-14-12-43(13-15-46)25-48(26-43)30-8-9-31-29(16-30)22-49(42(31)53)36-10-11-39(50)44-40(36)51/h4-9,16-18,23,27,36H,10-15,19-22,24-26H2,1-3H3,(H,44,50,51). The van der Waals surface area contributed by atoms with Crippen LogP contribution in [0.4, 0.5) is 5.69 Å². The van der Waals surface area contributed by atoms with Gasteiger partial charge in [0.2, 0.25) is 11.8 Å². The molecule has 3 amide bonds. The minimum Gasteiger partial charge on any atom is -0.496 e. The average molecular weight is 745 g/mol. The van der Waals surface area contributed by atoms with E-state index in [1.807, 2.05) is 42.6 Å². The van der Waals surface area contributed by atoms with Crippen LogP contribution >= 0.6 is 0 Å². The van der Waals surface area contributed by atoms with Gasteiger partial charge in [-0.2, -0.15) is 0 Å². The number of carbonyl (C=O) groups excluding carboxylic acids is 3. The summed E-state index contributed by atoms with van der Waals surface area (Å²) < 4.78 is 13.5. The van der Waals surface area contributed by atoms with E-state index in [1.54, 1.807) is 30.7 Å². The highest BCUT2D eigenvalue weighted by molar-refractivity contribution is 6.05. The van der Waals surface area contributed by atoms with E-state index in [-0.39, 0.29) is 29.7 Å². The van der Waals surface area contributed by atoms with E-state index in [4.69, 9.17) is 9.47 Å². The molecule has 0 aliphatic carbocycles. The number of hydrogen-bond donors (Lipinski definition) is 1. The first-order chi connectivity index (χ1) is 26.6. The molecule has 6 heterocycles. The van der Waals surface area contributed by atoms with Gasteiger partial charge in [0.05, 0.1) is 19.8 Å². The maximum absolute atomic E-state index is 13.1. The molecule has 1 atom stereocenters. The molecule has 0 radical (unpaired) electrons. The average Bonchev–Trinajstić information content (AvgIpc) is 3.49. The summed E-state index contributed by atoms with van der Waals surface area (Å²) in [6.45, 7) is 8.65. The van der Waals surface area contributed by atoms with Gasteiger partial charge in [-0.3, -0.25) is 29.4 Å². The minimum atomic E-state index is -0.590. The lowest BCUT2D eigenvalue weighted by atomic mass is 9.71. The van der Waals surface area contributed by atoms with Crippen molar-refractivity contribution in [1.29, 1.82) is 0 Å². The fourth-order valence-electron chi connectivity index (χ4n) is 9.68. The molecular weight excluding hydrogens is 697 g/mol. The lowest BCUT2D eigenvalue weighted by Crippen LogP contribution is -2.61. The summed E-state index contributed by atoms with van der Waals surface area (Å²) in [5, 5.41) is 3.98. The maximum Gasteiger partial charge on any atom is 0.258 e. The molecule has 1 N–H and O–H groups in total. The summed E-state index contributed by atoms with van der Waals surface area (Å²) >= 11 is 0. The van der Waals surface area contributed by atoms with E-state index in [9.17, 15) is 19.2 Å². The third-order valence-electron chi connectivity index (χ3n) is 12.8. The lowest BCUT2D eigenvalue weighted by Gasteiger charge is -2.55. The van der Waals surface area contributed by atoms with Crippen molar-refractivity contribution in [3.8, 4) is 22.6 Å². The molecule has 4 aromatic rings. The highest BCUT2D eigenvalue weighted by atomic mass is 16.5. The van der Waals surface area contributed by atoms with E-state index in [0.717, 1.165) is 97.2 Å². The second-order valence-corrected chi connectivity index (χ2v) is 16.3. The molecule has 12 heteroatoms. The molecule has 12 nitrogen and oxygen atoms in total. The van der Waals surface area contributed by atoms with Gasteiger partial charge in [-0.05, 0) is 91.2 Å². The second-order valence-electron chi connectivity index (χ2n) is 16.3. The van der Waals surface area contributed by atoms with E-state index < -0.39 is 6.04 Å². The first-order valence-electron chi connectivity index (χ1n) is 19.4. The van der Waals surface area contributed by atoms with Gasteiger partial charge in [-0.1, -0.05) is 18.2 Å². The quantitative estimate of drug-likeness (QED) is 0.254. The monoisotopic (exact) mass is 744 g/mol.